The zero-order valence-corrected chi connectivity index (χ0v) is 11.0. The fourth-order valence-electron chi connectivity index (χ4n) is 1.54. The first-order chi connectivity index (χ1) is 8.31. The van der Waals surface area contributed by atoms with Gasteiger partial charge in [-0.3, -0.25) is 0 Å². The van der Waals surface area contributed by atoms with Gasteiger partial charge in [-0.1, -0.05) is 13.8 Å². The molecule has 0 radical (unpaired) electrons. The van der Waals surface area contributed by atoms with Crippen molar-refractivity contribution in [3.63, 3.8) is 0 Å². The quantitative estimate of drug-likeness (QED) is 0.671. The Kier molecular flexibility index (Phi) is 6.81. The molecule has 0 fully saturated rings. The molecule has 1 rings (SSSR count). The van der Waals surface area contributed by atoms with Gasteiger partial charge in [-0.25, -0.2) is 0 Å². The van der Waals surface area contributed by atoms with E-state index in [9.17, 15) is 0 Å². The van der Waals surface area contributed by atoms with Crippen molar-refractivity contribution in [2.24, 2.45) is 0 Å². The molecule has 1 N–H and O–H groups in total. The number of ether oxygens (including phenoxy) is 1. The number of nitrogens with one attached hydrogen (secondary N) is 1. The highest BCUT2D eigenvalue weighted by atomic mass is 16.5. The molecular formula is C12H23N3O2. The Morgan fingerprint density at radius 3 is 2.76 bits per heavy atom. The number of hydrogen-bond acceptors (Lipinski definition) is 5. The summed E-state index contributed by atoms with van der Waals surface area (Å²) in [6.45, 7) is 8.54. The second-order valence-corrected chi connectivity index (χ2v) is 3.90. The molecule has 1 atom stereocenters. The third kappa shape index (κ3) is 4.83. The summed E-state index contributed by atoms with van der Waals surface area (Å²) in [6, 6.07) is 0.170. The van der Waals surface area contributed by atoms with Crippen LogP contribution in [-0.2, 0) is 11.2 Å². The molecule has 0 aliphatic rings. The van der Waals surface area contributed by atoms with E-state index in [0.29, 0.717) is 24.8 Å². The first-order valence-corrected chi connectivity index (χ1v) is 6.45. The van der Waals surface area contributed by atoms with Crippen LogP contribution in [0.15, 0.2) is 4.42 Å². The molecule has 0 aliphatic carbocycles. The zero-order chi connectivity index (χ0) is 12.5. The first-order valence-electron chi connectivity index (χ1n) is 6.45. The SMILES string of the molecule is CCCNC(CC)c1nnc(CCOCC)o1. The molecule has 0 saturated carbocycles. The lowest BCUT2D eigenvalue weighted by molar-refractivity contribution is 0.145. The molecule has 1 aromatic heterocycles. The normalized spacial score (nSPS) is 12.9. The highest BCUT2D eigenvalue weighted by Gasteiger charge is 2.15. The molecule has 1 aromatic rings. The van der Waals surface area contributed by atoms with Crippen LogP contribution in [0.5, 0.6) is 0 Å². The largest absolute Gasteiger partial charge is 0.423 e. The van der Waals surface area contributed by atoms with E-state index in [1.807, 2.05) is 6.92 Å². The van der Waals surface area contributed by atoms with Crippen molar-refractivity contribution in [3.8, 4) is 0 Å². The Balaban J connectivity index is 2.46. The molecule has 5 nitrogen and oxygen atoms in total. The zero-order valence-electron chi connectivity index (χ0n) is 11.0. The molecule has 0 spiro atoms. The van der Waals surface area contributed by atoms with Gasteiger partial charge in [-0.05, 0) is 26.3 Å². The molecule has 17 heavy (non-hydrogen) atoms. The molecule has 1 heterocycles. The number of hydrogen-bond donors (Lipinski definition) is 1. The molecule has 0 bridgehead atoms. The summed E-state index contributed by atoms with van der Waals surface area (Å²) in [6.07, 6.45) is 2.74. The smallest absolute Gasteiger partial charge is 0.233 e. The topological polar surface area (TPSA) is 60.2 Å². The molecule has 0 aromatic carbocycles. The summed E-state index contributed by atoms with van der Waals surface area (Å²) in [5.41, 5.74) is 0. The summed E-state index contributed by atoms with van der Waals surface area (Å²) >= 11 is 0. The predicted molar refractivity (Wildman–Crippen MR) is 65.8 cm³/mol. The fraction of sp³-hybridized carbons (Fsp3) is 0.833. The van der Waals surface area contributed by atoms with Crippen LogP contribution < -0.4 is 5.32 Å². The van der Waals surface area contributed by atoms with Crippen LogP contribution in [0.3, 0.4) is 0 Å². The molecule has 1 unspecified atom stereocenters. The number of rotatable bonds is 9. The van der Waals surface area contributed by atoms with Crippen molar-refractivity contribution < 1.29 is 9.15 Å². The van der Waals surface area contributed by atoms with Crippen molar-refractivity contribution in [3.05, 3.63) is 11.8 Å². The highest BCUT2D eigenvalue weighted by Crippen LogP contribution is 2.15. The standard InChI is InChI=1S/C12H23N3O2/c1-4-8-13-10(5-2)12-15-14-11(17-12)7-9-16-6-3/h10,13H,4-9H2,1-3H3. The van der Waals surface area contributed by atoms with Crippen molar-refractivity contribution in [2.75, 3.05) is 19.8 Å². The van der Waals surface area contributed by atoms with Gasteiger partial charge in [0.1, 0.15) is 0 Å². The van der Waals surface area contributed by atoms with Gasteiger partial charge >= 0.3 is 0 Å². The van der Waals surface area contributed by atoms with Crippen LogP contribution in [0.1, 0.15) is 51.4 Å². The summed E-state index contributed by atoms with van der Waals surface area (Å²) < 4.78 is 10.9. The second-order valence-electron chi connectivity index (χ2n) is 3.90. The Labute approximate surface area is 103 Å². The first kappa shape index (κ1) is 14.1. The Bertz CT molecular complexity index is 302. The van der Waals surface area contributed by atoms with Crippen LogP contribution in [0, 0.1) is 0 Å². The average Bonchev–Trinajstić information content (AvgIpc) is 2.79. The minimum absolute atomic E-state index is 0.170. The van der Waals surface area contributed by atoms with Crippen LogP contribution in [0.25, 0.3) is 0 Å². The van der Waals surface area contributed by atoms with Crippen LogP contribution >= 0.6 is 0 Å². The molecule has 0 amide bonds. The van der Waals surface area contributed by atoms with Crippen LogP contribution in [0.2, 0.25) is 0 Å². The van der Waals surface area contributed by atoms with Gasteiger partial charge < -0.3 is 14.5 Å². The van der Waals surface area contributed by atoms with E-state index < -0.39 is 0 Å². The van der Waals surface area contributed by atoms with Gasteiger partial charge in [0, 0.05) is 13.0 Å². The van der Waals surface area contributed by atoms with Gasteiger partial charge in [0.15, 0.2) is 0 Å². The van der Waals surface area contributed by atoms with E-state index in [-0.39, 0.29) is 6.04 Å². The van der Waals surface area contributed by atoms with Crippen LogP contribution in [-0.4, -0.2) is 30.0 Å². The fourth-order valence-corrected chi connectivity index (χ4v) is 1.54. The number of aromatic nitrogens is 2. The van der Waals surface area contributed by atoms with E-state index in [0.717, 1.165) is 26.0 Å². The summed E-state index contributed by atoms with van der Waals surface area (Å²) in [5, 5.41) is 11.5. The lowest BCUT2D eigenvalue weighted by Crippen LogP contribution is -2.21. The van der Waals surface area contributed by atoms with E-state index in [2.05, 4.69) is 29.4 Å². The minimum Gasteiger partial charge on any atom is -0.423 e. The third-order valence-corrected chi connectivity index (χ3v) is 2.49. The molecule has 0 saturated heterocycles. The highest BCUT2D eigenvalue weighted by molar-refractivity contribution is 4.89. The van der Waals surface area contributed by atoms with Crippen molar-refractivity contribution >= 4 is 0 Å². The van der Waals surface area contributed by atoms with Gasteiger partial charge in [0.2, 0.25) is 11.8 Å². The van der Waals surface area contributed by atoms with E-state index in [1.165, 1.54) is 0 Å². The van der Waals surface area contributed by atoms with Gasteiger partial charge in [-0.15, -0.1) is 10.2 Å². The third-order valence-electron chi connectivity index (χ3n) is 2.49. The van der Waals surface area contributed by atoms with E-state index in [1.54, 1.807) is 0 Å². The maximum Gasteiger partial charge on any atom is 0.233 e. The van der Waals surface area contributed by atoms with E-state index >= 15 is 0 Å². The van der Waals surface area contributed by atoms with Gasteiger partial charge in [0.05, 0.1) is 12.6 Å². The Morgan fingerprint density at radius 2 is 2.12 bits per heavy atom. The van der Waals surface area contributed by atoms with Crippen molar-refractivity contribution in [1.29, 1.82) is 0 Å². The average molecular weight is 241 g/mol. The Hall–Kier alpha value is -0.940. The lowest BCUT2D eigenvalue weighted by atomic mass is 10.2. The lowest BCUT2D eigenvalue weighted by Gasteiger charge is -2.11. The maximum absolute atomic E-state index is 5.62. The predicted octanol–water partition coefficient (Wildman–Crippen LogP) is 2.10. The van der Waals surface area contributed by atoms with Crippen molar-refractivity contribution in [1.82, 2.24) is 15.5 Å². The summed E-state index contributed by atoms with van der Waals surface area (Å²) in [5.74, 6) is 1.35. The second kappa shape index (κ2) is 8.20. The molecule has 98 valence electrons. The van der Waals surface area contributed by atoms with Crippen molar-refractivity contribution in [2.45, 2.75) is 46.1 Å². The summed E-state index contributed by atoms with van der Waals surface area (Å²) in [4.78, 5) is 0. The Morgan fingerprint density at radius 1 is 1.29 bits per heavy atom. The molecule has 5 heteroatoms. The monoisotopic (exact) mass is 241 g/mol. The minimum atomic E-state index is 0.170. The molecular weight excluding hydrogens is 218 g/mol. The van der Waals surface area contributed by atoms with E-state index in [4.69, 9.17) is 9.15 Å². The summed E-state index contributed by atoms with van der Waals surface area (Å²) in [7, 11) is 0. The molecule has 0 aliphatic heterocycles. The van der Waals surface area contributed by atoms with Gasteiger partial charge in [-0.2, -0.15) is 0 Å². The maximum atomic E-state index is 5.62. The number of nitrogens with zero attached hydrogens (tertiary/aromatic N) is 2. The van der Waals surface area contributed by atoms with Gasteiger partial charge in [0.25, 0.3) is 0 Å². The van der Waals surface area contributed by atoms with Crippen LogP contribution in [0.4, 0.5) is 0 Å².